The quantitative estimate of drug-likeness (QED) is 0.783. The molecule has 1 rings (SSSR count). The van der Waals surface area contributed by atoms with Crippen LogP contribution in [0, 0.1) is 0 Å². The van der Waals surface area contributed by atoms with E-state index in [1.165, 1.54) is 0 Å². The monoisotopic (exact) mass is 308 g/mol. The van der Waals surface area contributed by atoms with Crippen LogP contribution in [0.15, 0.2) is 34.1 Å². The highest BCUT2D eigenvalue weighted by atomic mass is 35.7. The second-order valence-corrected chi connectivity index (χ2v) is 7.28. The second-order valence-electron chi connectivity index (χ2n) is 2.83. The van der Waals surface area contributed by atoms with Crippen LogP contribution in [0.2, 0.25) is 0 Å². The van der Waals surface area contributed by atoms with Crippen LogP contribution in [-0.2, 0) is 18.9 Å². The maximum Gasteiger partial charge on any atom is 0.501 e. The van der Waals surface area contributed by atoms with E-state index in [9.17, 15) is 30.0 Å². The molecule has 0 aromatic heterocycles. The van der Waals surface area contributed by atoms with Crippen molar-refractivity contribution in [3.05, 3.63) is 24.3 Å². The first-order chi connectivity index (χ1) is 7.48. The molecule has 0 aliphatic rings. The molecule has 0 heterocycles. The van der Waals surface area contributed by atoms with E-state index in [2.05, 4.69) is 0 Å². The molecule has 0 atom stereocenters. The molecule has 0 bridgehead atoms. The van der Waals surface area contributed by atoms with Crippen molar-refractivity contribution in [2.24, 2.45) is 0 Å². The normalized spacial score (nSPS) is 13.6. The Hall–Kier alpha value is -0.800. The molecule has 0 amide bonds. The molecule has 0 N–H and O–H groups in total. The zero-order valence-corrected chi connectivity index (χ0v) is 10.2. The smallest absolute Gasteiger partial charge is 0.214 e. The Morgan fingerprint density at radius 1 is 0.941 bits per heavy atom. The zero-order chi connectivity index (χ0) is 13.5. The van der Waals surface area contributed by atoms with E-state index in [0.29, 0.717) is 12.1 Å². The van der Waals surface area contributed by atoms with Crippen molar-refractivity contribution in [1.29, 1.82) is 0 Å². The van der Waals surface area contributed by atoms with Crippen LogP contribution in [0.1, 0.15) is 0 Å². The molecular weight excluding hydrogens is 305 g/mol. The third-order valence-corrected chi connectivity index (χ3v) is 4.76. The lowest BCUT2D eigenvalue weighted by Crippen LogP contribution is -2.24. The maximum absolute atomic E-state index is 12.3. The summed E-state index contributed by atoms with van der Waals surface area (Å²) in [6.07, 6.45) is 0. The Labute approximate surface area is 99.4 Å². The van der Waals surface area contributed by atoms with Gasteiger partial charge in [-0.25, -0.2) is 16.8 Å². The van der Waals surface area contributed by atoms with Gasteiger partial charge in [-0.3, -0.25) is 0 Å². The van der Waals surface area contributed by atoms with Crippen LogP contribution in [0.4, 0.5) is 13.2 Å². The summed E-state index contributed by atoms with van der Waals surface area (Å²) in [6, 6.07) is 3.23. The van der Waals surface area contributed by atoms with Gasteiger partial charge < -0.3 is 0 Å². The van der Waals surface area contributed by atoms with Gasteiger partial charge in [0.05, 0.1) is 4.90 Å². The van der Waals surface area contributed by atoms with Crippen molar-refractivity contribution in [1.82, 2.24) is 0 Å². The zero-order valence-electron chi connectivity index (χ0n) is 7.77. The molecule has 0 aliphatic heterocycles. The van der Waals surface area contributed by atoms with Gasteiger partial charge in [-0.2, -0.15) is 13.2 Å². The Bertz CT molecular complexity index is 633. The molecule has 0 saturated carbocycles. The van der Waals surface area contributed by atoms with E-state index in [1.54, 1.807) is 0 Å². The molecule has 0 aliphatic carbocycles. The molecule has 0 spiro atoms. The Morgan fingerprint density at radius 2 is 1.35 bits per heavy atom. The molecule has 0 unspecified atom stereocenters. The van der Waals surface area contributed by atoms with Crippen molar-refractivity contribution in [2.75, 3.05) is 0 Å². The van der Waals surface area contributed by atoms with Crippen LogP contribution in [0.5, 0.6) is 0 Å². The number of alkyl halides is 3. The molecule has 17 heavy (non-hydrogen) atoms. The molecule has 4 nitrogen and oxygen atoms in total. The molecule has 0 radical (unpaired) electrons. The molecule has 0 saturated heterocycles. The Balaban J connectivity index is 3.67. The molecular formula is C7H4ClF3O4S2. The highest BCUT2D eigenvalue weighted by molar-refractivity contribution is 8.14. The van der Waals surface area contributed by atoms with Gasteiger partial charge in [-0.05, 0) is 12.1 Å². The van der Waals surface area contributed by atoms with E-state index >= 15 is 0 Å². The average molecular weight is 309 g/mol. The standard InChI is InChI=1S/C7H4ClF3O4S2/c8-17(14,15)6-4-2-1-3-5(6)16(12,13)7(9,10)11/h1-4H. The van der Waals surface area contributed by atoms with Gasteiger partial charge >= 0.3 is 5.51 Å². The number of sulfone groups is 1. The van der Waals surface area contributed by atoms with Crippen LogP contribution >= 0.6 is 10.7 Å². The van der Waals surface area contributed by atoms with Crippen molar-refractivity contribution < 1.29 is 30.0 Å². The third kappa shape index (κ3) is 2.72. The summed E-state index contributed by atoms with van der Waals surface area (Å²) in [5.74, 6) is 0. The molecule has 96 valence electrons. The average Bonchev–Trinajstić information content (AvgIpc) is 2.14. The second kappa shape index (κ2) is 4.14. The summed E-state index contributed by atoms with van der Waals surface area (Å²) in [6.45, 7) is 0. The van der Waals surface area contributed by atoms with Crippen molar-refractivity contribution in [3.8, 4) is 0 Å². The summed E-state index contributed by atoms with van der Waals surface area (Å²) in [4.78, 5) is -2.48. The van der Waals surface area contributed by atoms with E-state index in [-0.39, 0.29) is 0 Å². The first-order valence-electron chi connectivity index (χ1n) is 3.83. The van der Waals surface area contributed by atoms with Crippen molar-refractivity contribution in [2.45, 2.75) is 15.3 Å². The lowest BCUT2D eigenvalue weighted by molar-refractivity contribution is -0.0437. The van der Waals surface area contributed by atoms with E-state index in [0.717, 1.165) is 12.1 Å². The van der Waals surface area contributed by atoms with Gasteiger partial charge in [0.2, 0.25) is 0 Å². The number of hydrogen-bond acceptors (Lipinski definition) is 4. The minimum atomic E-state index is -5.75. The highest BCUT2D eigenvalue weighted by Crippen LogP contribution is 2.34. The van der Waals surface area contributed by atoms with Gasteiger partial charge in [-0.1, -0.05) is 12.1 Å². The minimum Gasteiger partial charge on any atom is -0.214 e. The van der Waals surface area contributed by atoms with Gasteiger partial charge in [0.15, 0.2) is 0 Å². The summed E-state index contributed by atoms with van der Waals surface area (Å²) in [5.41, 5.74) is -5.59. The maximum atomic E-state index is 12.3. The van der Waals surface area contributed by atoms with Crippen LogP contribution in [0.3, 0.4) is 0 Å². The number of halogens is 4. The van der Waals surface area contributed by atoms with E-state index < -0.39 is 34.2 Å². The summed E-state index contributed by atoms with van der Waals surface area (Å²) in [5, 5.41) is 0. The first-order valence-corrected chi connectivity index (χ1v) is 7.62. The largest absolute Gasteiger partial charge is 0.501 e. The first kappa shape index (κ1) is 14.3. The van der Waals surface area contributed by atoms with Crippen LogP contribution in [0.25, 0.3) is 0 Å². The molecule has 10 heteroatoms. The summed E-state index contributed by atoms with van der Waals surface area (Å²) in [7, 11) is -5.48. The van der Waals surface area contributed by atoms with Gasteiger partial charge in [0, 0.05) is 10.7 Å². The predicted molar refractivity (Wildman–Crippen MR) is 52.7 cm³/mol. The van der Waals surface area contributed by atoms with Crippen molar-refractivity contribution >= 4 is 29.6 Å². The lowest BCUT2D eigenvalue weighted by Gasteiger charge is -2.10. The fourth-order valence-electron chi connectivity index (χ4n) is 0.998. The SMILES string of the molecule is O=S(=O)(Cl)c1ccccc1S(=O)(=O)C(F)(F)F. The fraction of sp³-hybridized carbons (Fsp3) is 0.143. The molecule has 1 aromatic carbocycles. The summed E-state index contributed by atoms with van der Waals surface area (Å²) < 4.78 is 80.9. The number of hydrogen-bond donors (Lipinski definition) is 0. The van der Waals surface area contributed by atoms with Crippen LogP contribution in [-0.4, -0.2) is 22.3 Å². The Morgan fingerprint density at radius 3 is 1.71 bits per heavy atom. The summed E-state index contributed by atoms with van der Waals surface area (Å²) >= 11 is 0. The Kier molecular flexibility index (Phi) is 3.48. The fourth-order valence-corrected chi connectivity index (χ4v) is 3.59. The van der Waals surface area contributed by atoms with Gasteiger partial charge in [0.1, 0.15) is 4.90 Å². The van der Waals surface area contributed by atoms with Gasteiger partial charge in [0.25, 0.3) is 18.9 Å². The van der Waals surface area contributed by atoms with Gasteiger partial charge in [-0.15, -0.1) is 0 Å². The predicted octanol–water partition coefficient (Wildman–Crippen LogP) is 1.91. The third-order valence-electron chi connectivity index (χ3n) is 1.71. The highest BCUT2D eigenvalue weighted by Gasteiger charge is 2.48. The van der Waals surface area contributed by atoms with Crippen LogP contribution < -0.4 is 0 Å². The lowest BCUT2D eigenvalue weighted by atomic mass is 10.4. The molecule has 0 fully saturated rings. The minimum absolute atomic E-state index is 0.526. The number of benzene rings is 1. The van der Waals surface area contributed by atoms with Crippen molar-refractivity contribution in [3.63, 3.8) is 0 Å². The van der Waals surface area contributed by atoms with E-state index in [4.69, 9.17) is 10.7 Å². The van der Waals surface area contributed by atoms with E-state index in [1.807, 2.05) is 0 Å². The topological polar surface area (TPSA) is 68.3 Å². The molecule has 1 aromatic rings. The number of rotatable bonds is 2.